The van der Waals surface area contributed by atoms with E-state index < -0.39 is 5.60 Å². The third-order valence-corrected chi connectivity index (χ3v) is 8.30. The molecule has 2 aromatic carbocycles. The highest BCUT2D eigenvalue weighted by Gasteiger charge is 2.51. The molecule has 1 heterocycles. The summed E-state index contributed by atoms with van der Waals surface area (Å²) in [5.74, 6) is 1.39. The largest absolute Gasteiger partial charge is 0.489 e. The Balaban J connectivity index is 1.42. The maximum absolute atomic E-state index is 11.5. The van der Waals surface area contributed by atoms with E-state index in [4.69, 9.17) is 9.47 Å². The number of nitrogens with zero attached hydrogens (tertiary/aromatic N) is 1. The number of aryl methyl sites for hydroxylation is 1. The van der Waals surface area contributed by atoms with Gasteiger partial charge in [-0.05, 0) is 92.2 Å². The summed E-state index contributed by atoms with van der Waals surface area (Å²) in [6, 6.07) is 21.6. The average molecular weight is 472 g/mol. The van der Waals surface area contributed by atoms with Crippen molar-refractivity contribution in [2.75, 3.05) is 13.7 Å². The highest BCUT2D eigenvalue weighted by atomic mass is 16.5. The molecule has 1 fully saturated rings. The first kappa shape index (κ1) is 24.0. The first-order chi connectivity index (χ1) is 17.1. The van der Waals surface area contributed by atoms with Crippen LogP contribution in [-0.4, -0.2) is 29.4 Å². The van der Waals surface area contributed by atoms with E-state index in [1.807, 2.05) is 18.3 Å². The quantitative estimate of drug-likeness (QED) is 0.386. The topological polar surface area (TPSA) is 51.6 Å². The van der Waals surface area contributed by atoms with Gasteiger partial charge in [0.25, 0.3) is 0 Å². The molecule has 2 aliphatic rings. The smallest absolute Gasteiger partial charge is 0.120 e. The van der Waals surface area contributed by atoms with E-state index in [0.717, 1.165) is 62.7 Å². The van der Waals surface area contributed by atoms with Crippen molar-refractivity contribution in [1.29, 1.82) is 0 Å². The molecule has 1 saturated carbocycles. The lowest BCUT2D eigenvalue weighted by Gasteiger charge is -2.53. The fourth-order valence-electron chi connectivity index (χ4n) is 6.54. The van der Waals surface area contributed by atoms with Gasteiger partial charge >= 0.3 is 0 Å². The second kappa shape index (κ2) is 10.5. The summed E-state index contributed by atoms with van der Waals surface area (Å²) in [6.07, 6.45) is 11.3. The monoisotopic (exact) mass is 471 g/mol. The standard InChI is InChI=1S/C31H37NO3/c1-34-18-6-14-30(33)15-16-31(20-24-7-3-2-4-8-24)27(21-30)11-10-26-19-28(12-13-29(26)31)35-23-25-9-5-17-32-22-25/h2-5,7-9,12-13,17,19,22,27,33H,6,10-11,14-16,18,20-21,23H2,1H3/t27-,30-,31+/m1/s1. The minimum atomic E-state index is -0.576. The Labute approximate surface area is 209 Å². The van der Waals surface area contributed by atoms with Crippen molar-refractivity contribution in [3.63, 3.8) is 0 Å². The first-order valence-corrected chi connectivity index (χ1v) is 13.0. The number of aliphatic hydroxyl groups is 1. The molecule has 0 unspecified atom stereocenters. The van der Waals surface area contributed by atoms with E-state index in [2.05, 4.69) is 53.5 Å². The van der Waals surface area contributed by atoms with Gasteiger partial charge in [-0.1, -0.05) is 42.5 Å². The molecule has 0 saturated heterocycles. The Morgan fingerprint density at radius 2 is 1.89 bits per heavy atom. The molecule has 2 aliphatic carbocycles. The minimum absolute atomic E-state index is 0.0598. The summed E-state index contributed by atoms with van der Waals surface area (Å²) >= 11 is 0. The fraction of sp³-hybridized carbons (Fsp3) is 0.452. The van der Waals surface area contributed by atoms with Crippen molar-refractivity contribution in [3.8, 4) is 5.75 Å². The lowest BCUT2D eigenvalue weighted by molar-refractivity contribution is -0.0599. The van der Waals surface area contributed by atoms with Crippen LogP contribution in [0.3, 0.4) is 0 Å². The van der Waals surface area contributed by atoms with Gasteiger partial charge in [-0.15, -0.1) is 0 Å². The molecule has 184 valence electrons. The van der Waals surface area contributed by atoms with Gasteiger partial charge in [-0.2, -0.15) is 0 Å². The Kier molecular flexibility index (Phi) is 7.22. The highest BCUT2D eigenvalue weighted by molar-refractivity contribution is 5.45. The molecule has 4 nitrogen and oxygen atoms in total. The summed E-state index contributed by atoms with van der Waals surface area (Å²) in [7, 11) is 1.74. The van der Waals surface area contributed by atoms with Crippen LogP contribution < -0.4 is 4.74 Å². The number of pyridine rings is 1. The lowest BCUT2D eigenvalue weighted by atomic mass is 9.52. The molecule has 0 spiro atoms. The number of hydrogen-bond donors (Lipinski definition) is 1. The molecular formula is C31H37NO3. The Hall–Kier alpha value is -2.69. The average Bonchev–Trinajstić information content (AvgIpc) is 2.89. The fourth-order valence-corrected chi connectivity index (χ4v) is 6.54. The van der Waals surface area contributed by atoms with E-state index in [9.17, 15) is 5.11 Å². The summed E-state index contributed by atoms with van der Waals surface area (Å²) in [4.78, 5) is 4.19. The van der Waals surface area contributed by atoms with Gasteiger partial charge in [0, 0.05) is 37.1 Å². The molecule has 5 rings (SSSR count). The van der Waals surface area contributed by atoms with Gasteiger partial charge in [0.15, 0.2) is 0 Å². The summed E-state index contributed by atoms with van der Waals surface area (Å²) < 4.78 is 11.4. The molecule has 3 atom stereocenters. The molecular weight excluding hydrogens is 434 g/mol. The molecule has 0 amide bonds. The number of hydrogen-bond acceptors (Lipinski definition) is 4. The normalized spacial score (nSPS) is 25.5. The van der Waals surface area contributed by atoms with Crippen LogP contribution in [0.2, 0.25) is 0 Å². The zero-order valence-electron chi connectivity index (χ0n) is 20.8. The van der Waals surface area contributed by atoms with Crippen LogP contribution in [0.25, 0.3) is 0 Å². The molecule has 0 bridgehead atoms. The predicted molar refractivity (Wildman–Crippen MR) is 139 cm³/mol. The van der Waals surface area contributed by atoms with Gasteiger partial charge in [-0.3, -0.25) is 4.98 Å². The number of methoxy groups -OCH3 is 1. The van der Waals surface area contributed by atoms with Crippen molar-refractivity contribution in [2.45, 2.75) is 69.0 Å². The third kappa shape index (κ3) is 5.29. The summed E-state index contributed by atoms with van der Waals surface area (Å²) in [5.41, 5.74) is 4.81. The van der Waals surface area contributed by atoms with Crippen LogP contribution >= 0.6 is 0 Å². The molecule has 1 aromatic heterocycles. The molecule has 4 heteroatoms. The highest BCUT2D eigenvalue weighted by Crippen LogP contribution is 2.55. The van der Waals surface area contributed by atoms with Gasteiger partial charge in [-0.25, -0.2) is 0 Å². The summed E-state index contributed by atoms with van der Waals surface area (Å²) in [6.45, 7) is 1.24. The van der Waals surface area contributed by atoms with Crippen LogP contribution in [0.5, 0.6) is 5.75 Å². The van der Waals surface area contributed by atoms with Gasteiger partial charge in [0.1, 0.15) is 12.4 Å². The van der Waals surface area contributed by atoms with Gasteiger partial charge in [0.05, 0.1) is 5.60 Å². The number of ether oxygens (including phenoxy) is 2. The van der Waals surface area contributed by atoms with Gasteiger partial charge in [0.2, 0.25) is 0 Å². The number of aromatic nitrogens is 1. The zero-order valence-corrected chi connectivity index (χ0v) is 20.8. The van der Waals surface area contributed by atoms with Crippen LogP contribution in [-0.2, 0) is 29.6 Å². The molecule has 1 N–H and O–H groups in total. The van der Waals surface area contributed by atoms with Crippen LogP contribution in [0.4, 0.5) is 0 Å². The molecule has 35 heavy (non-hydrogen) atoms. The van der Waals surface area contributed by atoms with E-state index in [0.29, 0.717) is 19.1 Å². The number of fused-ring (bicyclic) bond motifs is 3. The Bertz CT molecular complexity index is 1100. The number of benzene rings is 2. The van der Waals surface area contributed by atoms with Crippen molar-refractivity contribution >= 4 is 0 Å². The zero-order chi connectivity index (χ0) is 24.1. The maximum atomic E-state index is 11.5. The molecule has 3 aromatic rings. The van der Waals surface area contributed by atoms with Crippen molar-refractivity contribution < 1.29 is 14.6 Å². The van der Waals surface area contributed by atoms with E-state index in [-0.39, 0.29) is 5.41 Å². The Morgan fingerprint density at radius 1 is 1.03 bits per heavy atom. The SMILES string of the molecule is COCCC[C@@]1(O)CC[C@@]2(Cc3ccccc3)c3ccc(OCc4cccnc4)cc3CC[C@@H]2C1. The van der Waals surface area contributed by atoms with Crippen molar-refractivity contribution in [2.24, 2.45) is 5.92 Å². The lowest BCUT2D eigenvalue weighted by Crippen LogP contribution is -2.51. The first-order valence-electron chi connectivity index (χ1n) is 13.0. The second-order valence-corrected chi connectivity index (χ2v) is 10.5. The van der Waals surface area contributed by atoms with Crippen LogP contribution in [0.1, 0.15) is 60.8 Å². The third-order valence-electron chi connectivity index (χ3n) is 8.30. The van der Waals surface area contributed by atoms with Crippen molar-refractivity contribution in [3.05, 3.63) is 95.3 Å². The van der Waals surface area contributed by atoms with E-state index >= 15 is 0 Å². The number of rotatable bonds is 9. The van der Waals surface area contributed by atoms with Crippen LogP contribution in [0.15, 0.2) is 73.1 Å². The molecule has 0 aliphatic heterocycles. The van der Waals surface area contributed by atoms with Crippen molar-refractivity contribution in [1.82, 2.24) is 4.98 Å². The summed E-state index contributed by atoms with van der Waals surface area (Å²) in [5, 5.41) is 11.5. The molecule has 0 radical (unpaired) electrons. The predicted octanol–water partition coefficient (Wildman–Crippen LogP) is 6.05. The van der Waals surface area contributed by atoms with Gasteiger partial charge < -0.3 is 14.6 Å². The van der Waals surface area contributed by atoms with Crippen LogP contribution in [0, 0.1) is 5.92 Å². The van der Waals surface area contributed by atoms with E-state index in [1.54, 1.807) is 13.3 Å². The Morgan fingerprint density at radius 3 is 2.69 bits per heavy atom. The maximum Gasteiger partial charge on any atom is 0.120 e. The second-order valence-electron chi connectivity index (χ2n) is 10.5. The minimum Gasteiger partial charge on any atom is -0.489 e. The van der Waals surface area contributed by atoms with E-state index in [1.165, 1.54) is 16.7 Å².